The van der Waals surface area contributed by atoms with Crippen LogP contribution in [-0.4, -0.2) is 43.9 Å². The Hall–Kier alpha value is 0.220. The van der Waals surface area contributed by atoms with E-state index in [2.05, 4.69) is 4.72 Å². The summed E-state index contributed by atoms with van der Waals surface area (Å²) in [6.45, 7) is 3.57. The van der Waals surface area contributed by atoms with E-state index in [1.165, 1.54) is 6.92 Å². The van der Waals surface area contributed by atoms with Gasteiger partial charge in [-0.15, -0.1) is 0 Å². The molecule has 0 aromatic carbocycles. The van der Waals surface area contributed by atoms with Crippen molar-refractivity contribution >= 4 is 21.8 Å². The van der Waals surface area contributed by atoms with Crippen LogP contribution in [0.15, 0.2) is 0 Å². The average molecular weight is 241 g/mol. The fraction of sp³-hybridized carbons (Fsp3) is 1.00. The highest BCUT2D eigenvalue weighted by atomic mass is 32.2. The van der Waals surface area contributed by atoms with Crippen molar-refractivity contribution in [2.75, 3.05) is 25.2 Å². The second-order valence-electron chi connectivity index (χ2n) is 3.45. The first-order valence-corrected chi connectivity index (χ1v) is 7.46. The molecule has 0 aliphatic heterocycles. The molecule has 0 heterocycles. The van der Waals surface area contributed by atoms with Crippen molar-refractivity contribution < 1.29 is 13.5 Å². The third kappa shape index (κ3) is 5.19. The van der Waals surface area contributed by atoms with Crippen LogP contribution in [-0.2, 0) is 10.0 Å². The fourth-order valence-corrected chi connectivity index (χ4v) is 2.53. The van der Waals surface area contributed by atoms with Crippen LogP contribution < -0.4 is 4.72 Å². The maximum Gasteiger partial charge on any atom is 0.216 e. The predicted octanol–water partition coefficient (Wildman–Crippen LogP) is 0.286. The quantitative estimate of drug-likeness (QED) is 0.672. The van der Waals surface area contributed by atoms with Gasteiger partial charge in [0.1, 0.15) is 0 Å². The van der Waals surface area contributed by atoms with Crippen molar-refractivity contribution in [3.8, 4) is 0 Å². The predicted molar refractivity (Wildman–Crippen MR) is 61.0 cm³/mol. The van der Waals surface area contributed by atoms with Gasteiger partial charge in [0.25, 0.3) is 0 Å². The molecule has 2 unspecified atom stereocenters. The maximum absolute atomic E-state index is 11.4. The van der Waals surface area contributed by atoms with Crippen LogP contribution in [0.25, 0.3) is 0 Å². The number of nitrogens with one attached hydrogen (secondary N) is 1. The summed E-state index contributed by atoms with van der Waals surface area (Å²) in [6.07, 6.45) is 1.99. The van der Waals surface area contributed by atoms with E-state index in [1.54, 1.807) is 11.8 Å². The van der Waals surface area contributed by atoms with Gasteiger partial charge in [0.2, 0.25) is 10.0 Å². The van der Waals surface area contributed by atoms with Crippen LogP contribution in [0.1, 0.15) is 13.8 Å². The van der Waals surface area contributed by atoms with Crippen LogP contribution in [0.2, 0.25) is 0 Å². The summed E-state index contributed by atoms with van der Waals surface area (Å²) in [6, 6.07) is 0. The molecule has 0 aliphatic carbocycles. The zero-order valence-corrected chi connectivity index (χ0v) is 10.5. The minimum Gasteiger partial charge on any atom is -0.395 e. The van der Waals surface area contributed by atoms with Crippen molar-refractivity contribution in [2.24, 2.45) is 5.92 Å². The van der Waals surface area contributed by atoms with Crippen LogP contribution in [0.5, 0.6) is 0 Å². The Bertz CT molecular complexity index is 241. The first kappa shape index (κ1) is 14.2. The van der Waals surface area contributed by atoms with Gasteiger partial charge in [-0.1, -0.05) is 6.92 Å². The molecule has 86 valence electrons. The molecule has 0 radical (unpaired) electrons. The molecule has 0 fully saturated rings. The first-order chi connectivity index (χ1) is 6.44. The molecule has 14 heavy (non-hydrogen) atoms. The number of rotatable bonds is 7. The summed E-state index contributed by atoms with van der Waals surface area (Å²) in [5, 5.41) is 7.98. The lowest BCUT2D eigenvalue weighted by molar-refractivity contribution is 0.294. The summed E-state index contributed by atoms with van der Waals surface area (Å²) in [7, 11) is -3.33. The van der Waals surface area contributed by atoms with Gasteiger partial charge < -0.3 is 5.11 Å². The topological polar surface area (TPSA) is 66.4 Å². The Morgan fingerprint density at radius 3 is 2.43 bits per heavy atom. The molecule has 0 aromatic rings. The second-order valence-corrected chi connectivity index (χ2v) is 6.54. The summed E-state index contributed by atoms with van der Waals surface area (Å²) in [5.41, 5.74) is 0. The van der Waals surface area contributed by atoms with Gasteiger partial charge in [0.05, 0.1) is 11.9 Å². The number of hydrogen-bond donors (Lipinski definition) is 2. The van der Waals surface area contributed by atoms with E-state index in [4.69, 9.17) is 5.11 Å². The van der Waals surface area contributed by atoms with E-state index in [9.17, 15) is 8.42 Å². The molecule has 0 aliphatic rings. The molecule has 0 aromatic heterocycles. The number of thioether (sulfide) groups is 1. The van der Waals surface area contributed by atoms with Gasteiger partial charge in [-0.05, 0) is 24.9 Å². The van der Waals surface area contributed by atoms with E-state index < -0.39 is 15.3 Å². The molecule has 0 spiro atoms. The van der Waals surface area contributed by atoms with Crippen LogP contribution in [0.3, 0.4) is 0 Å². The Morgan fingerprint density at radius 2 is 2.00 bits per heavy atom. The van der Waals surface area contributed by atoms with Gasteiger partial charge in [-0.2, -0.15) is 11.8 Å². The highest BCUT2D eigenvalue weighted by Crippen LogP contribution is 2.04. The lowest BCUT2D eigenvalue weighted by Gasteiger charge is -2.14. The average Bonchev–Trinajstić information content (AvgIpc) is 2.14. The Kier molecular flexibility index (Phi) is 6.76. The standard InChI is InChI=1S/C8H19NO3S2/c1-7(6-13-3)4-9-14(11,12)8(2)5-10/h7-10H,4-6H2,1-3H3. The summed E-state index contributed by atoms with van der Waals surface area (Å²) in [4.78, 5) is 0. The molecule has 0 bridgehead atoms. The van der Waals surface area contributed by atoms with Crippen molar-refractivity contribution in [1.29, 1.82) is 0 Å². The summed E-state index contributed by atoms with van der Waals surface area (Å²) in [5.74, 6) is 1.24. The molecule has 2 N–H and O–H groups in total. The summed E-state index contributed by atoms with van der Waals surface area (Å²) >= 11 is 1.69. The van der Waals surface area contributed by atoms with Crippen LogP contribution >= 0.6 is 11.8 Å². The molecular formula is C8H19NO3S2. The van der Waals surface area contributed by atoms with Crippen molar-refractivity contribution in [3.05, 3.63) is 0 Å². The Labute approximate surface area is 90.5 Å². The van der Waals surface area contributed by atoms with Crippen LogP contribution in [0.4, 0.5) is 0 Å². The van der Waals surface area contributed by atoms with E-state index in [0.29, 0.717) is 12.5 Å². The molecule has 0 saturated carbocycles. The molecule has 0 amide bonds. The number of aliphatic hydroxyl groups excluding tert-OH is 1. The highest BCUT2D eigenvalue weighted by Gasteiger charge is 2.19. The number of hydrogen-bond acceptors (Lipinski definition) is 4. The smallest absolute Gasteiger partial charge is 0.216 e. The van der Waals surface area contributed by atoms with Gasteiger partial charge in [0, 0.05) is 6.54 Å². The first-order valence-electron chi connectivity index (χ1n) is 4.52. The second kappa shape index (κ2) is 6.66. The van der Waals surface area contributed by atoms with E-state index in [0.717, 1.165) is 5.75 Å². The molecule has 4 nitrogen and oxygen atoms in total. The van der Waals surface area contributed by atoms with Gasteiger partial charge >= 0.3 is 0 Å². The summed E-state index contributed by atoms with van der Waals surface area (Å²) < 4.78 is 25.3. The SMILES string of the molecule is CSCC(C)CNS(=O)(=O)C(C)CO. The molecular weight excluding hydrogens is 222 g/mol. The normalized spacial score (nSPS) is 16.6. The highest BCUT2D eigenvalue weighted by molar-refractivity contribution is 7.98. The zero-order valence-electron chi connectivity index (χ0n) is 8.86. The van der Waals surface area contributed by atoms with Crippen molar-refractivity contribution in [1.82, 2.24) is 4.72 Å². The zero-order chi connectivity index (χ0) is 11.2. The van der Waals surface area contributed by atoms with E-state index >= 15 is 0 Å². The van der Waals surface area contributed by atoms with Gasteiger partial charge in [-0.25, -0.2) is 13.1 Å². The molecule has 6 heteroatoms. The lowest BCUT2D eigenvalue weighted by atomic mass is 10.2. The third-order valence-electron chi connectivity index (χ3n) is 1.87. The van der Waals surface area contributed by atoms with E-state index in [-0.39, 0.29) is 6.61 Å². The van der Waals surface area contributed by atoms with Crippen molar-refractivity contribution in [3.63, 3.8) is 0 Å². The van der Waals surface area contributed by atoms with Gasteiger partial charge in [0.15, 0.2) is 0 Å². The van der Waals surface area contributed by atoms with Crippen molar-refractivity contribution in [2.45, 2.75) is 19.1 Å². The number of sulfonamides is 1. The Morgan fingerprint density at radius 1 is 1.43 bits per heavy atom. The minimum atomic E-state index is -3.33. The lowest BCUT2D eigenvalue weighted by Crippen LogP contribution is -2.37. The largest absolute Gasteiger partial charge is 0.395 e. The molecule has 2 atom stereocenters. The molecule has 0 saturated heterocycles. The maximum atomic E-state index is 11.4. The molecule has 0 rings (SSSR count). The number of aliphatic hydroxyl groups is 1. The Balaban J connectivity index is 4.00. The third-order valence-corrected chi connectivity index (χ3v) is 4.55. The van der Waals surface area contributed by atoms with Crippen LogP contribution in [0, 0.1) is 5.92 Å². The fourth-order valence-electron chi connectivity index (χ4n) is 0.842. The monoisotopic (exact) mass is 241 g/mol. The van der Waals surface area contributed by atoms with E-state index in [1.807, 2.05) is 13.2 Å². The minimum absolute atomic E-state index is 0.311. The van der Waals surface area contributed by atoms with Gasteiger partial charge in [-0.3, -0.25) is 0 Å².